The van der Waals surface area contributed by atoms with Gasteiger partial charge in [0.2, 0.25) is 0 Å². The van der Waals surface area contributed by atoms with Crippen molar-refractivity contribution in [1.29, 1.82) is 0 Å². The Kier molecular flexibility index (Phi) is 9.20. The molecule has 0 atom stereocenters. The number of benzene rings is 1. The third kappa shape index (κ3) is 6.56. The van der Waals surface area contributed by atoms with Crippen LogP contribution in [0.1, 0.15) is 18.1 Å². The van der Waals surface area contributed by atoms with E-state index in [9.17, 15) is 4.39 Å². The molecule has 1 aromatic rings. The number of hydrogen-bond donors (Lipinski definition) is 2. The van der Waals surface area contributed by atoms with E-state index < -0.39 is 0 Å². The van der Waals surface area contributed by atoms with Crippen molar-refractivity contribution in [2.45, 2.75) is 20.4 Å². The minimum absolute atomic E-state index is 0. The van der Waals surface area contributed by atoms with Gasteiger partial charge < -0.3 is 10.6 Å². The molecule has 19 heavy (non-hydrogen) atoms. The van der Waals surface area contributed by atoms with E-state index in [0.29, 0.717) is 18.7 Å². The predicted molar refractivity (Wildman–Crippen MR) is 89.6 cm³/mol. The lowest BCUT2D eigenvalue weighted by Crippen LogP contribution is -2.37. The van der Waals surface area contributed by atoms with Crippen LogP contribution in [0, 0.1) is 12.7 Å². The summed E-state index contributed by atoms with van der Waals surface area (Å²) in [5.74, 6) is 0.554. The molecule has 0 aliphatic heterocycles. The first-order valence-corrected chi connectivity index (χ1v) is 6.05. The number of rotatable bonds is 5. The summed E-state index contributed by atoms with van der Waals surface area (Å²) in [6.07, 6.45) is 1.77. The zero-order valence-electron chi connectivity index (χ0n) is 11.4. The standard InChI is InChI=1S/C14H20FN3.HI/c1-4-8-17-14(16-5-2)18-10-12-6-7-13(15)11(3)9-12;/h4,6-7,9H,1,5,8,10H2,2-3H3,(H2,16,17,18);1H. The van der Waals surface area contributed by atoms with Crippen molar-refractivity contribution in [2.24, 2.45) is 4.99 Å². The first-order valence-electron chi connectivity index (χ1n) is 6.05. The molecule has 0 aromatic heterocycles. The second-order valence-corrected chi connectivity index (χ2v) is 3.95. The molecule has 3 nitrogen and oxygen atoms in total. The molecule has 0 saturated heterocycles. The Labute approximate surface area is 131 Å². The van der Waals surface area contributed by atoms with E-state index in [4.69, 9.17) is 0 Å². The summed E-state index contributed by atoms with van der Waals surface area (Å²) in [4.78, 5) is 4.42. The summed E-state index contributed by atoms with van der Waals surface area (Å²) in [5.41, 5.74) is 1.64. The highest BCUT2D eigenvalue weighted by Crippen LogP contribution is 2.09. The van der Waals surface area contributed by atoms with Gasteiger partial charge in [0, 0.05) is 13.1 Å². The van der Waals surface area contributed by atoms with Crippen molar-refractivity contribution in [3.05, 3.63) is 47.8 Å². The maximum absolute atomic E-state index is 13.1. The molecule has 0 unspecified atom stereocenters. The molecule has 0 aliphatic carbocycles. The second kappa shape index (κ2) is 9.77. The Hall–Kier alpha value is -1.11. The fraction of sp³-hybridized carbons (Fsp3) is 0.357. The average molecular weight is 377 g/mol. The molecule has 1 aromatic carbocycles. The van der Waals surface area contributed by atoms with Gasteiger partial charge in [0.25, 0.3) is 0 Å². The maximum atomic E-state index is 13.1. The number of halogens is 2. The number of aliphatic imine (C=N–C) groups is 1. The van der Waals surface area contributed by atoms with Gasteiger partial charge in [-0.05, 0) is 31.0 Å². The largest absolute Gasteiger partial charge is 0.357 e. The van der Waals surface area contributed by atoms with Gasteiger partial charge in [-0.3, -0.25) is 0 Å². The summed E-state index contributed by atoms with van der Waals surface area (Å²) < 4.78 is 13.1. The zero-order chi connectivity index (χ0) is 13.4. The molecule has 0 heterocycles. The van der Waals surface area contributed by atoms with Crippen LogP contribution >= 0.6 is 24.0 Å². The van der Waals surface area contributed by atoms with E-state index >= 15 is 0 Å². The molecule has 0 aliphatic rings. The van der Waals surface area contributed by atoms with Gasteiger partial charge in [0.1, 0.15) is 5.82 Å². The lowest BCUT2D eigenvalue weighted by molar-refractivity contribution is 0.617. The van der Waals surface area contributed by atoms with Gasteiger partial charge >= 0.3 is 0 Å². The minimum Gasteiger partial charge on any atom is -0.357 e. The van der Waals surface area contributed by atoms with Crippen molar-refractivity contribution >= 4 is 29.9 Å². The van der Waals surface area contributed by atoms with Crippen molar-refractivity contribution < 1.29 is 4.39 Å². The van der Waals surface area contributed by atoms with Crippen LogP contribution in [0.25, 0.3) is 0 Å². The molecule has 106 valence electrons. The highest BCUT2D eigenvalue weighted by Gasteiger charge is 1.99. The van der Waals surface area contributed by atoms with Gasteiger partial charge in [-0.15, -0.1) is 30.6 Å². The number of hydrogen-bond acceptors (Lipinski definition) is 1. The Morgan fingerprint density at radius 2 is 2.16 bits per heavy atom. The topological polar surface area (TPSA) is 36.4 Å². The van der Waals surface area contributed by atoms with Gasteiger partial charge in [0.05, 0.1) is 6.54 Å². The molecule has 0 radical (unpaired) electrons. The Balaban J connectivity index is 0.00000324. The van der Waals surface area contributed by atoms with E-state index in [2.05, 4.69) is 22.2 Å². The second-order valence-electron chi connectivity index (χ2n) is 3.95. The van der Waals surface area contributed by atoms with Crippen LogP contribution in [0.15, 0.2) is 35.8 Å². The minimum atomic E-state index is -0.181. The first kappa shape index (κ1) is 17.9. The van der Waals surface area contributed by atoms with Gasteiger partial charge in [-0.2, -0.15) is 0 Å². The van der Waals surface area contributed by atoms with Crippen molar-refractivity contribution in [3.63, 3.8) is 0 Å². The lowest BCUT2D eigenvalue weighted by Gasteiger charge is -2.09. The number of aryl methyl sites for hydroxylation is 1. The summed E-state index contributed by atoms with van der Waals surface area (Å²) in [7, 11) is 0. The van der Waals surface area contributed by atoms with Gasteiger partial charge in [-0.1, -0.05) is 18.2 Å². The highest BCUT2D eigenvalue weighted by atomic mass is 127. The summed E-state index contributed by atoms with van der Waals surface area (Å²) >= 11 is 0. The number of guanidine groups is 1. The Morgan fingerprint density at radius 3 is 2.74 bits per heavy atom. The zero-order valence-corrected chi connectivity index (χ0v) is 13.7. The van der Waals surface area contributed by atoms with E-state index in [0.717, 1.165) is 18.1 Å². The summed E-state index contributed by atoms with van der Waals surface area (Å²) in [6, 6.07) is 5.04. The fourth-order valence-corrected chi connectivity index (χ4v) is 1.49. The SMILES string of the molecule is C=CCNC(=NCc1ccc(F)c(C)c1)NCC.I. The number of nitrogens with zero attached hydrogens (tertiary/aromatic N) is 1. The van der Waals surface area contributed by atoms with Gasteiger partial charge in [0.15, 0.2) is 5.96 Å². The maximum Gasteiger partial charge on any atom is 0.191 e. The third-order valence-corrected chi connectivity index (χ3v) is 2.40. The van der Waals surface area contributed by atoms with Crippen LogP contribution < -0.4 is 10.6 Å². The molecule has 0 saturated carbocycles. The smallest absolute Gasteiger partial charge is 0.191 e. The normalized spacial score (nSPS) is 10.6. The third-order valence-electron chi connectivity index (χ3n) is 2.40. The molecule has 5 heteroatoms. The molecule has 1 rings (SSSR count). The van der Waals surface area contributed by atoms with E-state index in [1.54, 1.807) is 19.1 Å². The van der Waals surface area contributed by atoms with Crippen LogP contribution in [-0.4, -0.2) is 19.0 Å². The summed E-state index contributed by atoms with van der Waals surface area (Å²) in [6.45, 7) is 9.39. The number of nitrogens with one attached hydrogen (secondary N) is 2. The van der Waals surface area contributed by atoms with Crippen LogP contribution in [-0.2, 0) is 6.54 Å². The van der Waals surface area contributed by atoms with E-state index in [-0.39, 0.29) is 29.8 Å². The van der Waals surface area contributed by atoms with Crippen molar-refractivity contribution in [2.75, 3.05) is 13.1 Å². The van der Waals surface area contributed by atoms with Crippen LogP contribution in [0.4, 0.5) is 4.39 Å². The van der Waals surface area contributed by atoms with Crippen molar-refractivity contribution in [3.8, 4) is 0 Å². The predicted octanol–water partition coefficient (Wildman–Crippen LogP) is 2.99. The van der Waals surface area contributed by atoms with Crippen LogP contribution in [0.3, 0.4) is 0 Å². The Bertz CT molecular complexity index is 433. The average Bonchev–Trinajstić information content (AvgIpc) is 2.37. The molecular weight excluding hydrogens is 356 g/mol. The van der Waals surface area contributed by atoms with Crippen molar-refractivity contribution in [1.82, 2.24) is 10.6 Å². The van der Waals surface area contributed by atoms with Crippen LogP contribution in [0.2, 0.25) is 0 Å². The molecule has 0 spiro atoms. The summed E-state index contributed by atoms with van der Waals surface area (Å²) in [5, 5.41) is 6.24. The lowest BCUT2D eigenvalue weighted by atomic mass is 10.1. The highest BCUT2D eigenvalue weighted by molar-refractivity contribution is 14.0. The molecule has 0 amide bonds. The Morgan fingerprint density at radius 1 is 1.42 bits per heavy atom. The molecule has 0 bridgehead atoms. The molecule has 0 fully saturated rings. The monoisotopic (exact) mass is 377 g/mol. The van der Waals surface area contributed by atoms with Gasteiger partial charge in [-0.25, -0.2) is 9.38 Å². The molecule has 2 N–H and O–H groups in total. The van der Waals surface area contributed by atoms with E-state index in [1.165, 1.54) is 6.07 Å². The molecular formula is C14H21FIN3. The quantitative estimate of drug-likeness (QED) is 0.358. The first-order chi connectivity index (χ1) is 8.67. The van der Waals surface area contributed by atoms with E-state index in [1.807, 2.05) is 13.0 Å². The van der Waals surface area contributed by atoms with Crippen LogP contribution in [0.5, 0.6) is 0 Å². The fourth-order valence-electron chi connectivity index (χ4n) is 1.49.